The van der Waals surface area contributed by atoms with Crippen LogP contribution >= 0.6 is 0 Å². The third-order valence-electron chi connectivity index (χ3n) is 3.17. The smallest absolute Gasteiger partial charge is 0.0104 e. The molecule has 1 heteroatoms. The summed E-state index contributed by atoms with van der Waals surface area (Å²) >= 11 is 0. The van der Waals surface area contributed by atoms with Gasteiger partial charge in [-0.25, -0.2) is 0 Å². The van der Waals surface area contributed by atoms with Crippen LogP contribution in [0, 0.1) is 6.92 Å². The van der Waals surface area contributed by atoms with Crippen molar-refractivity contribution in [1.29, 1.82) is 0 Å². The van der Waals surface area contributed by atoms with Crippen molar-refractivity contribution in [3.63, 3.8) is 0 Å². The van der Waals surface area contributed by atoms with Gasteiger partial charge in [0.1, 0.15) is 0 Å². The first-order chi connectivity index (χ1) is 7.76. The van der Waals surface area contributed by atoms with Crippen LogP contribution in [-0.2, 0) is 6.42 Å². The largest absolute Gasteiger partial charge is 0.317 e. The lowest BCUT2D eigenvalue weighted by molar-refractivity contribution is 0.490. The van der Waals surface area contributed by atoms with Crippen molar-refractivity contribution in [2.75, 3.05) is 7.05 Å². The van der Waals surface area contributed by atoms with E-state index in [2.05, 4.69) is 50.5 Å². The fourth-order valence-corrected chi connectivity index (χ4v) is 2.00. The molecule has 1 aromatic rings. The second kappa shape index (κ2) is 7.45. The second-order valence-electron chi connectivity index (χ2n) is 4.67. The van der Waals surface area contributed by atoms with Crippen LogP contribution in [0.3, 0.4) is 0 Å². The molecular weight excluding hydrogens is 194 g/mol. The van der Waals surface area contributed by atoms with Crippen molar-refractivity contribution in [1.82, 2.24) is 5.32 Å². The highest BCUT2D eigenvalue weighted by Gasteiger charge is 2.06. The molecule has 0 aromatic heterocycles. The molecule has 0 amide bonds. The Balaban J connectivity index is 2.40. The standard InChI is InChI=1S/C15H25N/c1-4-5-6-7-15(16-3)12-14-10-8-13(2)9-11-14/h8-11,15-16H,4-7,12H2,1-3H3. The average molecular weight is 219 g/mol. The predicted octanol–water partition coefficient (Wildman–Crippen LogP) is 3.71. The normalized spacial score (nSPS) is 12.7. The summed E-state index contributed by atoms with van der Waals surface area (Å²) in [5.74, 6) is 0. The Morgan fingerprint density at radius 3 is 2.38 bits per heavy atom. The van der Waals surface area contributed by atoms with Gasteiger partial charge >= 0.3 is 0 Å². The van der Waals surface area contributed by atoms with E-state index < -0.39 is 0 Å². The van der Waals surface area contributed by atoms with Gasteiger partial charge in [0, 0.05) is 6.04 Å². The number of rotatable bonds is 7. The zero-order chi connectivity index (χ0) is 11.8. The fourth-order valence-electron chi connectivity index (χ4n) is 2.00. The fraction of sp³-hybridized carbons (Fsp3) is 0.600. The van der Waals surface area contributed by atoms with E-state index in [0.717, 1.165) is 6.42 Å². The Labute approximate surface area is 100 Å². The highest BCUT2D eigenvalue weighted by Crippen LogP contribution is 2.10. The zero-order valence-electron chi connectivity index (χ0n) is 10.9. The average Bonchev–Trinajstić information content (AvgIpc) is 2.31. The van der Waals surface area contributed by atoms with Gasteiger partial charge in [-0.15, -0.1) is 0 Å². The van der Waals surface area contributed by atoms with E-state index >= 15 is 0 Å². The Hall–Kier alpha value is -0.820. The molecular formula is C15H25N. The maximum Gasteiger partial charge on any atom is 0.0104 e. The topological polar surface area (TPSA) is 12.0 Å². The number of hydrogen-bond donors (Lipinski definition) is 1. The monoisotopic (exact) mass is 219 g/mol. The molecule has 0 spiro atoms. The van der Waals surface area contributed by atoms with Gasteiger partial charge in [0.2, 0.25) is 0 Å². The third kappa shape index (κ3) is 4.80. The molecule has 1 aromatic carbocycles. The molecule has 0 saturated carbocycles. The molecule has 1 atom stereocenters. The molecule has 0 heterocycles. The van der Waals surface area contributed by atoms with Crippen LogP contribution in [0.5, 0.6) is 0 Å². The van der Waals surface area contributed by atoms with Crippen molar-refractivity contribution in [2.45, 2.75) is 52.0 Å². The highest BCUT2D eigenvalue weighted by atomic mass is 14.9. The molecule has 90 valence electrons. The second-order valence-corrected chi connectivity index (χ2v) is 4.67. The molecule has 0 radical (unpaired) electrons. The summed E-state index contributed by atoms with van der Waals surface area (Å²) in [6.45, 7) is 4.40. The van der Waals surface area contributed by atoms with Crippen LogP contribution in [0.25, 0.3) is 0 Å². The quantitative estimate of drug-likeness (QED) is 0.689. The molecule has 0 fully saturated rings. The Morgan fingerprint density at radius 2 is 1.81 bits per heavy atom. The summed E-state index contributed by atoms with van der Waals surface area (Å²) < 4.78 is 0. The third-order valence-corrected chi connectivity index (χ3v) is 3.17. The van der Waals surface area contributed by atoms with Crippen molar-refractivity contribution >= 4 is 0 Å². The van der Waals surface area contributed by atoms with Gasteiger partial charge in [-0.2, -0.15) is 0 Å². The van der Waals surface area contributed by atoms with E-state index in [4.69, 9.17) is 0 Å². The van der Waals surface area contributed by atoms with Gasteiger partial charge < -0.3 is 5.32 Å². The summed E-state index contributed by atoms with van der Waals surface area (Å²) in [7, 11) is 2.07. The molecule has 1 unspecified atom stereocenters. The van der Waals surface area contributed by atoms with E-state index in [9.17, 15) is 0 Å². The maximum absolute atomic E-state index is 3.42. The molecule has 1 rings (SSSR count). The summed E-state index contributed by atoms with van der Waals surface area (Å²) in [5, 5.41) is 3.42. The Morgan fingerprint density at radius 1 is 1.12 bits per heavy atom. The minimum absolute atomic E-state index is 0.634. The van der Waals surface area contributed by atoms with Crippen LogP contribution in [-0.4, -0.2) is 13.1 Å². The maximum atomic E-state index is 3.42. The first-order valence-electron chi connectivity index (χ1n) is 6.49. The Bertz CT molecular complexity index is 276. The van der Waals surface area contributed by atoms with Gasteiger partial charge in [0.05, 0.1) is 0 Å². The number of nitrogens with one attached hydrogen (secondary N) is 1. The van der Waals surface area contributed by atoms with Gasteiger partial charge in [-0.05, 0) is 32.4 Å². The van der Waals surface area contributed by atoms with Gasteiger partial charge in [-0.1, -0.05) is 56.0 Å². The minimum Gasteiger partial charge on any atom is -0.317 e. The first kappa shape index (κ1) is 13.2. The SMILES string of the molecule is CCCCCC(Cc1ccc(C)cc1)NC. The number of hydrogen-bond acceptors (Lipinski definition) is 1. The van der Waals surface area contributed by atoms with Crippen LogP contribution in [0.4, 0.5) is 0 Å². The predicted molar refractivity (Wildman–Crippen MR) is 71.9 cm³/mol. The minimum atomic E-state index is 0.634. The van der Waals surface area contributed by atoms with Crippen LogP contribution in [0.1, 0.15) is 43.7 Å². The van der Waals surface area contributed by atoms with E-state index in [1.807, 2.05) is 0 Å². The van der Waals surface area contributed by atoms with Crippen molar-refractivity contribution in [2.24, 2.45) is 0 Å². The summed E-state index contributed by atoms with van der Waals surface area (Å²) in [5.41, 5.74) is 2.79. The van der Waals surface area contributed by atoms with Crippen molar-refractivity contribution in [3.05, 3.63) is 35.4 Å². The van der Waals surface area contributed by atoms with Gasteiger partial charge in [0.15, 0.2) is 0 Å². The molecule has 0 aliphatic heterocycles. The number of benzene rings is 1. The van der Waals surface area contributed by atoms with E-state index in [0.29, 0.717) is 6.04 Å². The van der Waals surface area contributed by atoms with Crippen LogP contribution < -0.4 is 5.32 Å². The molecule has 0 saturated heterocycles. The van der Waals surface area contributed by atoms with Crippen molar-refractivity contribution in [3.8, 4) is 0 Å². The van der Waals surface area contributed by atoms with Crippen molar-refractivity contribution < 1.29 is 0 Å². The molecule has 16 heavy (non-hydrogen) atoms. The van der Waals surface area contributed by atoms with E-state index in [1.54, 1.807) is 0 Å². The zero-order valence-corrected chi connectivity index (χ0v) is 10.9. The van der Waals surface area contributed by atoms with Gasteiger partial charge in [-0.3, -0.25) is 0 Å². The molecule has 0 aliphatic carbocycles. The highest BCUT2D eigenvalue weighted by molar-refractivity contribution is 5.22. The summed E-state index contributed by atoms with van der Waals surface area (Å²) in [6.07, 6.45) is 6.44. The Kier molecular flexibility index (Phi) is 6.17. The number of likely N-dealkylation sites (N-methyl/N-ethyl adjacent to an activating group) is 1. The molecule has 0 aliphatic rings. The number of aryl methyl sites for hydroxylation is 1. The lowest BCUT2D eigenvalue weighted by Crippen LogP contribution is -2.27. The van der Waals surface area contributed by atoms with E-state index in [-0.39, 0.29) is 0 Å². The molecule has 1 nitrogen and oxygen atoms in total. The van der Waals surface area contributed by atoms with E-state index in [1.165, 1.54) is 36.8 Å². The van der Waals surface area contributed by atoms with Crippen LogP contribution in [0.2, 0.25) is 0 Å². The lowest BCUT2D eigenvalue weighted by Gasteiger charge is -2.16. The first-order valence-corrected chi connectivity index (χ1v) is 6.49. The van der Waals surface area contributed by atoms with Gasteiger partial charge in [0.25, 0.3) is 0 Å². The lowest BCUT2D eigenvalue weighted by atomic mass is 10.00. The number of unbranched alkanes of at least 4 members (excludes halogenated alkanes) is 2. The summed E-state index contributed by atoms with van der Waals surface area (Å²) in [6, 6.07) is 9.54. The summed E-state index contributed by atoms with van der Waals surface area (Å²) in [4.78, 5) is 0. The molecule has 0 bridgehead atoms. The van der Waals surface area contributed by atoms with Crippen LogP contribution in [0.15, 0.2) is 24.3 Å². The molecule has 1 N–H and O–H groups in total.